The van der Waals surface area contributed by atoms with Gasteiger partial charge in [-0.2, -0.15) is 0 Å². The molecule has 0 spiro atoms. The molecule has 6 heteroatoms. The van der Waals surface area contributed by atoms with E-state index in [9.17, 15) is 4.79 Å². The van der Waals surface area contributed by atoms with Crippen LogP contribution in [0.15, 0.2) is 17.3 Å². The van der Waals surface area contributed by atoms with Gasteiger partial charge in [0, 0.05) is 23.4 Å². The molecule has 0 aliphatic carbocycles. The van der Waals surface area contributed by atoms with Crippen molar-refractivity contribution in [3.05, 3.63) is 22.6 Å². The van der Waals surface area contributed by atoms with Gasteiger partial charge in [0.1, 0.15) is 0 Å². The minimum atomic E-state index is -0.184. The standard InChI is InChI=1S/C14H26N4O2/c1-6-7-12(19)16-8-13(2,3)10-20-11-14(4,5)9-17-18-15/h6-7H,8-11H2,1-5H3,(H,16,19)/b7-6+. The van der Waals surface area contributed by atoms with Gasteiger partial charge >= 0.3 is 0 Å². The molecule has 1 N–H and O–H groups in total. The molecule has 0 bridgehead atoms. The van der Waals surface area contributed by atoms with Crippen molar-refractivity contribution < 1.29 is 9.53 Å². The lowest BCUT2D eigenvalue weighted by Gasteiger charge is -2.28. The van der Waals surface area contributed by atoms with Gasteiger partial charge in [-0.15, -0.1) is 0 Å². The van der Waals surface area contributed by atoms with Crippen molar-refractivity contribution in [1.82, 2.24) is 5.32 Å². The molecular formula is C14H26N4O2. The molecular weight excluding hydrogens is 256 g/mol. The van der Waals surface area contributed by atoms with E-state index in [1.165, 1.54) is 6.08 Å². The highest BCUT2D eigenvalue weighted by Crippen LogP contribution is 2.19. The Kier molecular flexibility index (Phi) is 7.96. The van der Waals surface area contributed by atoms with E-state index in [-0.39, 0.29) is 16.7 Å². The van der Waals surface area contributed by atoms with Crippen LogP contribution in [0.1, 0.15) is 34.6 Å². The van der Waals surface area contributed by atoms with E-state index in [2.05, 4.69) is 15.3 Å². The third-order valence-corrected chi connectivity index (χ3v) is 2.61. The highest BCUT2D eigenvalue weighted by atomic mass is 16.5. The number of carbonyl (C=O) groups excluding carboxylic acids is 1. The Balaban J connectivity index is 4.09. The lowest BCUT2D eigenvalue weighted by atomic mass is 9.93. The Bertz CT molecular complexity index is 383. The molecule has 0 rings (SSSR count). The Hall–Kier alpha value is -1.52. The van der Waals surface area contributed by atoms with Crippen molar-refractivity contribution in [2.75, 3.05) is 26.3 Å². The summed E-state index contributed by atoms with van der Waals surface area (Å²) >= 11 is 0. The quantitative estimate of drug-likeness (QED) is 0.305. The Morgan fingerprint density at radius 2 is 1.90 bits per heavy atom. The lowest BCUT2D eigenvalue weighted by Crippen LogP contribution is -2.37. The van der Waals surface area contributed by atoms with Crippen molar-refractivity contribution in [3.8, 4) is 0 Å². The average molecular weight is 282 g/mol. The molecule has 0 aliphatic heterocycles. The van der Waals surface area contributed by atoms with Crippen LogP contribution in [-0.2, 0) is 9.53 Å². The number of nitrogens with one attached hydrogen (secondary N) is 1. The van der Waals surface area contributed by atoms with Gasteiger partial charge in [-0.25, -0.2) is 0 Å². The third kappa shape index (κ3) is 9.42. The van der Waals surface area contributed by atoms with E-state index in [0.29, 0.717) is 26.3 Å². The highest BCUT2D eigenvalue weighted by Gasteiger charge is 2.22. The summed E-state index contributed by atoms with van der Waals surface area (Å²) in [6.45, 7) is 11.8. The van der Waals surface area contributed by atoms with Crippen LogP contribution >= 0.6 is 0 Å². The molecule has 6 nitrogen and oxygen atoms in total. The van der Waals surface area contributed by atoms with Gasteiger partial charge < -0.3 is 10.1 Å². The highest BCUT2D eigenvalue weighted by molar-refractivity contribution is 5.87. The monoisotopic (exact) mass is 282 g/mol. The van der Waals surface area contributed by atoms with Gasteiger partial charge in [-0.1, -0.05) is 38.9 Å². The number of hydrogen-bond acceptors (Lipinski definition) is 3. The van der Waals surface area contributed by atoms with Crippen LogP contribution in [0.25, 0.3) is 10.4 Å². The van der Waals surface area contributed by atoms with E-state index in [0.717, 1.165) is 0 Å². The Morgan fingerprint density at radius 3 is 2.45 bits per heavy atom. The number of ether oxygens (including phenoxy) is 1. The number of amides is 1. The molecule has 1 amide bonds. The fraction of sp³-hybridized carbons (Fsp3) is 0.786. The molecule has 0 radical (unpaired) electrons. The molecule has 0 aromatic carbocycles. The SMILES string of the molecule is C/C=C/C(=O)NCC(C)(C)COCC(C)(C)CN=[N+]=[N-]. The molecule has 20 heavy (non-hydrogen) atoms. The van der Waals surface area contributed by atoms with E-state index in [1.54, 1.807) is 13.0 Å². The first-order valence-electron chi connectivity index (χ1n) is 6.71. The summed E-state index contributed by atoms with van der Waals surface area (Å²) in [5.74, 6) is -0.0933. The van der Waals surface area contributed by atoms with Crippen molar-refractivity contribution in [1.29, 1.82) is 0 Å². The molecule has 0 aliphatic rings. The minimum absolute atomic E-state index is 0.0933. The summed E-state index contributed by atoms with van der Waals surface area (Å²) in [5, 5.41) is 6.41. The zero-order chi connectivity index (χ0) is 15.6. The van der Waals surface area contributed by atoms with Crippen LogP contribution in [0.3, 0.4) is 0 Å². The average Bonchev–Trinajstić information content (AvgIpc) is 2.34. The van der Waals surface area contributed by atoms with Crippen molar-refractivity contribution in [2.45, 2.75) is 34.6 Å². The number of rotatable bonds is 9. The normalized spacial score (nSPS) is 12.2. The van der Waals surface area contributed by atoms with E-state index in [1.807, 2.05) is 27.7 Å². The maximum absolute atomic E-state index is 11.4. The first kappa shape index (κ1) is 18.5. The minimum Gasteiger partial charge on any atom is -0.380 e. The van der Waals surface area contributed by atoms with Gasteiger partial charge in [0.15, 0.2) is 0 Å². The zero-order valence-electron chi connectivity index (χ0n) is 13.1. The van der Waals surface area contributed by atoms with E-state index >= 15 is 0 Å². The predicted molar refractivity (Wildman–Crippen MR) is 80.2 cm³/mol. The smallest absolute Gasteiger partial charge is 0.243 e. The summed E-state index contributed by atoms with van der Waals surface area (Å²) in [4.78, 5) is 14.1. The Morgan fingerprint density at radius 1 is 1.30 bits per heavy atom. The molecule has 0 fully saturated rings. The number of carbonyl (C=O) groups is 1. The second-order valence-corrected chi connectivity index (χ2v) is 6.43. The lowest BCUT2D eigenvalue weighted by molar-refractivity contribution is -0.117. The van der Waals surface area contributed by atoms with Gasteiger partial charge in [0.25, 0.3) is 0 Å². The molecule has 0 atom stereocenters. The van der Waals surface area contributed by atoms with Crippen LogP contribution in [0.5, 0.6) is 0 Å². The second-order valence-electron chi connectivity index (χ2n) is 6.43. The number of allylic oxidation sites excluding steroid dienone is 1. The molecule has 0 unspecified atom stereocenters. The van der Waals surface area contributed by atoms with Crippen molar-refractivity contribution in [3.63, 3.8) is 0 Å². The van der Waals surface area contributed by atoms with Crippen LogP contribution in [0.2, 0.25) is 0 Å². The maximum Gasteiger partial charge on any atom is 0.243 e. The van der Waals surface area contributed by atoms with Gasteiger partial charge in [-0.05, 0) is 23.9 Å². The van der Waals surface area contributed by atoms with E-state index in [4.69, 9.17) is 10.3 Å². The fourth-order valence-corrected chi connectivity index (χ4v) is 1.46. The topological polar surface area (TPSA) is 87.1 Å². The Labute approximate surface area is 121 Å². The maximum atomic E-state index is 11.4. The zero-order valence-corrected chi connectivity index (χ0v) is 13.1. The molecule has 0 heterocycles. The predicted octanol–water partition coefficient (Wildman–Crippen LogP) is 3.06. The van der Waals surface area contributed by atoms with Crippen molar-refractivity contribution >= 4 is 5.91 Å². The summed E-state index contributed by atoms with van der Waals surface area (Å²) in [6, 6.07) is 0. The van der Waals surface area contributed by atoms with E-state index < -0.39 is 0 Å². The number of nitrogens with zero attached hydrogens (tertiary/aromatic N) is 3. The summed E-state index contributed by atoms with van der Waals surface area (Å²) in [5.41, 5.74) is 7.99. The van der Waals surface area contributed by atoms with Crippen LogP contribution in [0.4, 0.5) is 0 Å². The first-order chi connectivity index (χ1) is 9.22. The molecule has 0 aromatic heterocycles. The molecule has 0 saturated carbocycles. The van der Waals surface area contributed by atoms with Gasteiger partial charge in [0.05, 0.1) is 13.2 Å². The largest absolute Gasteiger partial charge is 0.380 e. The first-order valence-corrected chi connectivity index (χ1v) is 6.71. The van der Waals surface area contributed by atoms with Crippen LogP contribution < -0.4 is 5.32 Å². The number of azide groups is 1. The van der Waals surface area contributed by atoms with Gasteiger partial charge in [0.2, 0.25) is 5.91 Å². The third-order valence-electron chi connectivity index (χ3n) is 2.61. The summed E-state index contributed by atoms with van der Waals surface area (Å²) in [7, 11) is 0. The number of hydrogen-bond donors (Lipinski definition) is 1. The molecule has 0 saturated heterocycles. The van der Waals surface area contributed by atoms with Crippen LogP contribution in [-0.4, -0.2) is 32.2 Å². The van der Waals surface area contributed by atoms with Crippen molar-refractivity contribution in [2.24, 2.45) is 15.9 Å². The molecule has 114 valence electrons. The van der Waals surface area contributed by atoms with Crippen LogP contribution in [0, 0.1) is 10.8 Å². The molecule has 0 aromatic rings. The van der Waals surface area contributed by atoms with Gasteiger partial charge in [-0.3, -0.25) is 4.79 Å². The fourth-order valence-electron chi connectivity index (χ4n) is 1.46. The summed E-state index contributed by atoms with van der Waals surface area (Å²) < 4.78 is 5.70. The summed E-state index contributed by atoms with van der Waals surface area (Å²) in [6.07, 6.45) is 3.21. The second kappa shape index (κ2) is 8.61.